The van der Waals surface area contributed by atoms with Crippen LogP contribution in [0.4, 0.5) is 4.39 Å². The van der Waals surface area contributed by atoms with Crippen molar-refractivity contribution in [3.05, 3.63) is 10.6 Å². The fourth-order valence-electron chi connectivity index (χ4n) is 1.08. The van der Waals surface area contributed by atoms with Crippen LogP contribution in [0.15, 0.2) is 0 Å². The first-order valence-corrected chi connectivity index (χ1v) is 4.40. The highest BCUT2D eigenvalue weighted by atomic mass is 32.1. The van der Waals surface area contributed by atoms with Gasteiger partial charge in [-0.2, -0.15) is 5.10 Å². The van der Waals surface area contributed by atoms with Gasteiger partial charge in [0.1, 0.15) is 12.5 Å². The second-order valence-electron chi connectivity index (χ2n) is 2.54. The molecule has 5 heteroatoms. The van der Waals surface area contributed by atoms with E-state index in [2.05, 4.69) is 17.1 Å². The molecule has 0 aliphatic heterocycles. The SMILES string of the molecule is CCCc1n[nH]c(=S)n1CCF. The lowest BCUT2D eigenvalue weighted by atomic mass is 10.3. The normalized spacial score (nSPS) is 10.5. The van der Waals surface area contributed by atoms with Gasteiger partial charge in [0.05, 0.1) is 6.54 Å². The number of rotatable bonds is 4. The van der Waals surface area contributed by atoms with Crippen molar-refractivity contribution >= 4 is 12.2 Å². The summed E-state index contributed by atoms with van der Waals surface area (Å²) < 4.78 is 14.3. The first-order valence-electron chi connectivity index (χ1n) is 3.99. The van der Waals surface area contributed by atoms with E-state index < -0.39 is 6.67 Å². The van der Waals surface area contributed by atoms with E-state index in [1.165, 1.54) is 0 Å². The zero-order chi connectivity index (χ0) is 8.97. The maximum absolute atomic E-state index is 12.0. The molecule has 0 aromatic carbocycles. The Balaban J connectivity index is 2.87. The molecule has 0 fully saturated rings. The van der Waals surface area contributed by atoms with Crippen LogP contribution >= 0.6 is 12.2 Å². The number of halogens is 1. The molecule has 0 atom stereocenters. The molecule has 1 rings (SSSR count). The van der Waals surface area contributed by atoms with Gasteiger partial charge in [-0.25, -0.2) is 4.39 Å². The van der Waals surface area contributed by atoms with Gasteiger partial charge < -0.3 is 4.57 Å². The van der Waals surface area contributed by atoms with Crippen LogP contribution in [0.1, 0.15) is 19.2 Å². The van der Waals surface area contributed by atoms with Gasteiger partial charge in [0.25, 0.3) is 0 Å². The van der Waals surface area contributed by atoms with Crippen LogP contribution in [0.5, 0.6) is 0 Å². The summed E-state index contributed by atoms with van der Waals surface area (Å²) in [6.07, 6.45) is 1.83. The maximum atomic E-state index is 12.0. The number of nitrogens with zero attached hydrogens (tertiary/aromatic N) is 2. The largest absolute Gasteiger partial charge is 0.302 e. The predicted octanol–water partition coefficient (Wildman–Crippen LogP) is 1.86. The third kappa shape index (κ3) is 1.91. The molecule has 3 nitrogen and oxygen atoms in total. The lowest BCUT2D eigenvalue weighted by Gasteiger charge is -2.01. The summed E-state index contributed by atoms with van der Waals surface area (Å²) in [5.41, 5.74) is 0. The molecule has 1 aromatic heterocycles. The summed E-state index contributed by atoms with van der Waals surface area (Å²) in [7, 11) is 0. The number of aromatic nitrogens is 3. The Kier molecular flexibility index (Phi) is 3.40. The van der Waals surface area contributed by atoms with Crippen molar-refractivity contribution in [3.63, 3.8) is 0 Å². The smallest absolute Gasteiger partial charge is 0.195 e. The molecule has 0 saturated heterocycles. The number of aromatic amines is 1. The topological polar surface area (TPSA) is 33.6 Å². The Morgan fingerprint density at radius 2 is 2.42 bits per heavy atom. The summed E-state index contributed by atoms with van der Waals surface area (Å²) in [5.74, 6) is 0.847. The van der Waals surface area contributed by atoms with Crippen molar-refractivity contribution in [3.8, 4) is 0 Å². The molecule has 68 valence electrons. The van der Waals surface area contributed by atoms with Gasteiger partial charge in [-0.05, 0) is 18.6 Å². The van der Waals surface area contributed by atoms with Crippen molar-refractivity contribution in [1.29, 1.82) is 0 Å². The van der Waals surface area contributed by atoms with Crippen LogP contribution in [0, 0.1) is 4.77 Å². The number of H-pyrrole nitrogens is 1. The standard InChI is InChI=1S/C7H12FN3S/c1-2-3-6-9-10-7(12)11(6)5-4-8/h2-5H2,1H3,(H,10,12). The van der Waals surface area contributed by atoms with Crippen LogP contribution in [-0.4, -0.2) is 21.4 Å². The number of hydrogen-bond donors (Lipinski definition) is 1. The molecule has 12 heavy (non-hydrogen) atoms. The summed E-state index contributed by atoms with van der Waals surface area (Å²) in [4.78, 5) is 0. The van der Waals surface area contributed by atoms with Crippen LogP contribution in [-0.2, 0) is 13.0 Å². The summed E-state index contributed by atoms with van der Waals surface area (Å²) in [6, 6.07) is 0. The number of nitrogens with one attached hydrogen (secondary N) is 1. The minimum Gasteiger partial charge on any atom is -0.302 e. The minimum absolute atomic E-state index is 0.310. The molecule has 0 saturated carbocycles. The molecule has 0 spiro atoms. The van der Waals surface area contributed by atoms with Gasteiger partial charge in [0.15, 0.2) is 4.77 Å². The predicted molar refractivity (Wildman–Crippen MR) is 47.4 cm³/mol. The fraction of sp³-hybridized carbons (Fsp3) is 0.714. The third-order valence-corrected chi connectivity index (χ3v) is 1.93. The average molecular weight is 189 g/mol. The summed E-state index contributed by atoms with van der Waals surface area (Å²) >= 11 is 4.93. The lowest BCUT2D eigenvalue weighted by molar-refractivity contribution is 0.436. The Bertz CT molecular complexity index is 291. The molecule has 1 aromatic rings. The van der Waals surface area contributed by atoms with Crippen molar-refractivity contribution in [1.82, 2.24) is 14.8 Å². The molecular weight excluding hydrogens is 177 g/mol. The highest BCUT2D eigenvalue weighted by Crippen LogP contribution is 2.01. The third-order valence-electron chi connectivity index (χ3n) is 1.62. The van der Waals surface area contributed by atoms with E-state index in [4.69, 9.17) is 12.2 Å². The van der Waals surface area contributed by atoms with Gasteiger partial charge in [-0.1, -0.05) is 6.92 Å². The number of hydrogen-bond acceptors (Lipinski definition) is 2. The van der Waals surface area contributed by atoms with Crippen LogP contribution in [0.3, 0.4) is 0 Å². The van der Waals surface area contributed by atoms with Crippen molar-refractivity contribution in [2.24, 2.45) is 0 Å². The lowest BCUT2D eigenvalue weighted by Crippen LogP contribution is -2.05. The summed E-state index contributed by atoms with van der Waals surface area (Å²) in [6.45, 7) is 1.97. The molecule has 0 bridgehead atoms. The molecule has 0 amide bonds. The van der Waals surface area contributed by atoms with Crippen molar-refractivity contribution < 1.29 is 4.39 Å². The van der Waals surface area contributed by atoms with Crippen molar-refractivity contribution in [2.75, 3.05) is 6.67 Å². The minimum atomic E-state index is -0.398. The molecule has 0 unspecified atom stereocenters. The molecular formula is C7H12FN3S. The quantitative estimate of drug-likeness (QED) is 0.733. The Morgan fingerprint density at radius 3 is 3.00 bits per heavy atom. The Hall–Kier alpha value is -0.710. The van der Waals surface area contributed by atoms with E-state index in [0.717, 1.165) is 18.7 Å². The Morgan fingerprint density at radius 1 is 1.67 bits per heavy atom. The maximum Gasteiger partial charge on any atom is 0.195 e. The van der Waals surface area contributed by atoms with E-state index in [1.54, 1.807) is 4.57 Å². The van der Waals surface area contributed by atoms with E-state index in [0.29, 0.717) is 11.3 Å². The van der Waals surface area contributed by atoms with Gasteiger partial charge in [-0.15, -0.1) is 0 Å². The second-order valence-corrected chi connectivity index (χ2v) is 2.92. The van der Waals surface area contributed by atoms with Crippen LogP contribution in [0.2, 0.25) is 0 Å². The number of alkyl halides is 1. The molecule has 0 aliphatic rings. The monoisotopic (exact) mass is 189 g/mol. The highest BCUT2D eigenvalue weighted by molar-refractivity contribution is 7.71. The van der Waals surface area contributed by atoms with Gasteiger partial charge in [0.2, 0.25) is 0 Å². The van der Waals surface area contributed by atoms with E-state index in [9.17, 15) is 4.39 Å². The van der Waals surface area contributed by atoms with E-state index >= 15 is 0 Å². The molecule has 1 N–H and O–H groups in total. The number of aryl methyl sites for hydroxylation is 1. The molecule has 0 aliphatic carbocycles. The van der Waals surface area contributed by atoms with Gasteiger partial charge >= 0.3 is 0 Å². The highest BCUT2D eigenvalue weighted by Gasteiger charge is 2.03. The average Bonchev–Trinajstić information content (AvgIpc) is 2.37. The van der Waals surface area contributed by atoms with Gasteiger partial charge in [0, 0.05) is 6.42 Å². The molecule has 0 radical (unpaired) electrons. The first-order chi connectivity index (χ1) is 5.79. The zero-order valence-corrected chi connectivity index (χ0v) is 7.83. The van der Waals surface area contributed by atoms with Crippen LogP contribution < -0.4 is 0 Å². The Labute approximate surface area is 75.6 Å². The van der Waals surface area contributed by atoms with Gasteiger partial charge in [-0.3, -0.25) is 5.10 Å². The summed E-state index contributed by atoms with van der Waals surface area (Å²) in [5, 5.41) is 6.66. The molecule has 1 heterocycles. The second kappa shape index (κ2) is 4.35. The van der Waals surface area contributed by atoms with Crippen LogP contribution in [0.25, 0.3) is 0 Å². The zero-order valence-electron chi connectivity index (χ0n) is 7.01. The fourth-order valence-corrected chi connectivity index (χ4v) is 1.32. The first kappa shape index (κ1) is 9.38. The van der Waals surface area contributed by atoms with E-state index in [-0.39, 0.29) is 0 Å². The van der Waals surface area contributed by atoms with Crippen molar-refractivity contribution in [2.45, 2.75) is 26.3 Å². The van der Waals surface area contributed by atoms with E-state index in [1.807, 2.05) is 0 Å².